The lowest BCUT2D eigenvalue weighted by Crippen LogP contribution is -2.26. The highest BCUT2D eigenvalue weighted by atomic mass is 32.2. The highest BCUT2D eigenvalue weighted by Crippen LogP contribution is 2.50. The zero-order valence-electron chi connectivity index (χ0n) is 14.0. The van der Waals surface area contributed by atoms with Gasteiger partial charge in [0, 0.05) is 16.7 Å². The van der Waals surface area contributed by atoms with Crippen LogP contribution in [0.1, 0.15) is 45.0 Å². The van der Waals surface area contributed by atoms with Crippen LogP contribution in [0.2, 0.25) is 0 Å². The van der Waals surface area contributed by atoms with Gasteiger partial charge in [0.25, 0.3) is 0 Å². The Morgan fingerprint density at radius 2 is 1.76 bits per heavy atom. The van der Waals surface area contributed by atoms with Crippen LogP contribution in [0.4, 0.5) is 0 Å². The Morgan fingerprint density at radius 3 is 2.44 bits per heavy atom. The Balaban J connectivity index is 1.83. The first-order valence-electron chi connectivity index (χ1n) is 8.11. The Morgan fingerprint density at radius 1 is 1.04 bits per heavy atom. The summed E-state index contributed by atoms with van der Waals surface area (Å²) in [7, 11) is 0.538. The van der Waals surface area contributed by atoms with Gasteiger partial charge in [0.05, 0.1) is 28.2 Å². The summed E-state index contributed by atoms with van der Waals surface area (Å²) in [4.78, 5) is 1.02. The monoisotopic (exact) mass is 370 g/mol. The van der Waals surface area contributed by atoms with Crippen molar-refractivity contribution in [3.8, 4) is 5.75 Å². The first-order chi connectivity index (χ1) is 12.2. The zero-order chi connectivity index (χ0) is 17.4. The van der Waals surface area contributed by atoms with E-state index < -0.39 is 10.8 Å². The van der Waals surface area contributed by atoms with E-state index in [1.807, 2.05) is 42.5 Å². The van der Waals surface area contributed by atoms with Crippen LogP contribution in [0.5, 0.6) is 5.75 Å². The van der Waals surface area contributed by atoms with Crippen molar-refractivity contribution in [3.63, 3.8) is 0 Å². The molecule has 0 spiro atoms. The zero-order valence-corrected chi connectivity index (χ0v) is 15.6. The number of aromatic nitrogens is 2. The molecule has 0 bridgehead atoms. The maximum atomic E-state index is 13.6. The third-order valence-corrected chi connectivity index (χ3v) is 7.80. The number of hydrogen-bond acceptors (Lipinski definition) is 5. The van der Waals surface area contributed by atoms with Crippen LogP contribution in [0.3, 0.4) is 0 Å². The van der Waals surface area contributed by atoms with Gasteiger partial charge in [-0.3, -0.25) is 4.21 Å². The molecule has 6 heteroatoms. The van der Waals surface area contributed by atoms with Gasteiger partial charge >= 0.3 is 0 Å². The molecule has 0 fully saturated rings. The van der Waals surface area contributed by atoms with Crippen LogP contribution in [0.25, 0.3) is 0 Å². The molecule has 0 aliphatic carbocycles. The molecule has 1 aromatic heterocycles. The second kappa shape index (κ2) is 6.69. The lowest BCUT2D eigenvalue weighted by atomic mass is 9.94. The van der Waals surface area contributed by atoms with Crippen molar-refractivity contribution in [3.05, 3.63) is 76.3 Å². The molecular weight excluding hydrogens is 352 g/mol. The molecule has 2 heterocycles. The highest BCUT2D eigenvalue weighted by molar-refractivity contribution is 7.86. The summed E-state index contributed by atoms with van der Waals surface area (Å²) in [5.74, 6) is 0.868. The van der Waals surface area contributed by atoms with E-state index in [0.29, 0.717) is 0 Å². The Bertz CT molecular complexity index is 893. The molecule has 3 aromatic rings. The van der Waals surface area contributed by atoms with E-state index in [4.69, 9.17) is 4.74 Å². The number of hydrogen-bond donors (Lipinski definition) is 0. The van der Waals surface area contributed by atoms with E-state index in [0.717, 1.165) is 27.4 Å². The quantitative estimate of drug-likeness (QED) is 0.692. The Hall–Kier alpha value is -2.05. The van der Waals surface area contributed by atoms with Crippen molar-refractivity contribution < 1.29 is 8.95 Å². The van der Waals surface area contributed by atoms with Gasteiger partial charge < -0.3 is 4.74 Å². The van der Waals surface area contributed by atoms with Crippen molar-refractivity contribution in [1.82, 2.24) is 9.59 Å². The summed E-state index contributed by atoms with van der Waals surface area (Å²) < 4.78 is 23.0. The van der Waals surface area contributed by atoms with Gasteiger partial charge in [-0.15, -0.1) is 5.10 Å². The topological polar surface area (TPSA) is 52.1 Å². The number of methoxy groups -OCH3 is 1. The number of nitrogens with zero attached hydrogens (tertiary/aromatic N) is 2. The van der Waals surface area contributed by atoms with Gasteiger partial charge in [-0.05, 0) is 34.8 Å². The third kappa shape index (κ3) is 2.79. The standard InChI is InChI=1S/C19H18N2O2S2/c1-12-16-17(24-21-20-16)19(14-8-10-15(23-2)11-9-14)25(22)18(12)13-6-4-3-5-7-13/h3-12,18-19H,1-2H3/t12-,18-,19-,25?/m0/s1. The Kier molecular flexibility index (Phi) is 4.39. The van der Waals surface area contributed by atoms with E-state index in [-0.39, 0.29) is 16.4 Å². The van der Waals surface area contributed by atoms with Crippen molar-refractivity contribution >= 4 is 22.3 Å². The Labute approximate surface area is 153 Å². The molecule has 4 rings (SSSR count). The summed E-state index contributed by atoms with van der Waals surface area (Å²) in [5.41, 5.74) is 3.07. The van der Waals surface area contributed by atoms with Gasteiger partial charge in [0.2, 0.25) is 0 Å². The van der Waals surface area contributed by atoms with Gasteiger partial charge in [-0.1, -0.05) is 53.9 Å². The molecule has 0 amide bonds. The van der Waals surface area contributed by atoms with Gasteiger partial charge in [-0.2, -0.15) is 0 Å². The lowest BCUT2D eigenvalue weighted by Gasteiger charge is -2.32. The first-order valence-corrected chi connectivity index (χ1v) is 10.2. The van der Waals surface area contributed by atoms with Crippen LogP contribution in [-0.2, 0) is 10.8 Å². The average molecular weight is 370 g/mol. The molecule has 2 aromatic carbocycles. The smallest absolute Gasteiger partial charge is 0.118 e. The van der Waals surface area contributed by atoms with E-state index in [1.54, 1.807) is 7.11 Å². The number of ether oxygens (including phenoxy) is 1. The van der Waals surface area contributed by atoms with Crippen LogP contribution in [-0.4, -0.2) is 20.9 Å². The third-order valence-electron chi connectivity index (χ3n) is 4.69. The minimum absolute atomic E-state index is 0.0754. The van der Waals surface area contributed by atoms with Crippen LogP contribution < -0.4 is 4.74 Å². The average Bonchev–Trinajstić information content (AvgIpc) is 3.13. The van der Waals surface area contributed by atoms with Crippen molar-refractivity contribution in [2.75, 3.05) is 7.11 Å². The molecule has 1 aliphatic rings. The van der Waals surface area contributed by atoms with E-state index >= 15 is 0 Å². The summed E-state index contributed by atoms with van der Waals surface area (Å²) in [6.45, 7) is 2.10. The molecular formula is C19H18N2O2S2. The molecule has 0 saturated heterocycles. The van der Waals surface area contributed by atoms with Crippen molar-refractivity contribution in [2.45, 2.75) is 23.3 Å². The fourth-order valence-corrected chi connectivity index (χ4v) is 6.62. The lowest BCUT2D eigenvalue weighted by molar-refractivity contribution is 0.414. The fraction of sp³-hybridized carbons (Fsp3) is 0.263. The van der Waals surface area contributed by atoms with Crippen LogP contribution >= 0.6 is 11.5 Å². The molecule has 25 heavy (non-hydrogen) atoms. The van der Waals surface area contributed by atoms with E-state index in [1.165, 1.54) is 11.5 Å². The molecule has 4 nitrogen and oxygen atoms in total. The molecule has 0 N–H and O–H groups in total. The summed E-state index contributed by atoms with van der Waals surface area (Å²) in [5, 5.41) is 4.07. The molecule has 1 aliphatic heterocycles. The van der Waals surface area contributed by atoms with E-state index in [2.05, 4.69) is 28.6 Å². The van der Waals surface area contributed by atoms with Gasteiger partial charge in [0.1, 0.15) is 5.75 Å². The summed E-state index contributed by atoms with van der Waals surface area (Å²) in [6.07, 6.45) is 0. The summed E-state index contributed by atoms with van der Waals surface area (Å²) in [6, 6.07) is 17.9. The number of rotatable bonds is 3. The largest absolute Gasteiger partial charge is 0.497 e. The van der Waals surface area contributed by atoms with Gasteiger partial charge in [-0.25, -0.2) is 0 Å². The van der Waals surface area contributed by atoms with E-state index in [9.17, 15) is 4.21 Å². The summed E-state index contributed by atoms with van der Waals surface area (Å²) >= 11 is 1.36. The fourth-order valence-electron chi connectivity index (χ4n) is 3.43. The maximum Gasteiger partial charge on any atom is 0.118 e. The van der Waals surface area contributed by atoms with Crippen LogP contribution in [0.15, 0.2) is 54.6 Å². The predicted molar refractivity (Wildman–Crippen MR) is 100 cm³/mol. The maximum absolute atomic E-state index is 13.6. The van der Waals surface area contributed by atoms with Crippen LogP contribution in [0, 0.1) is 0 Å². The first kappa shape index (κ1) is 16.4. The normalized spacial score (nSPS) is 25.4. The number of fused-ring (bicyclic) bond motifs is 1. The minimum atomic E-state index is -1.11. The second-order valence-electron chi connectivity index (χ2n) is 6.12. The van der Waals surface area contributed by atoms with Crippen molar-refractivity contribution in [1.29, 1.82) is 0 Å². The molecule has 0 saturated carbocycles. The molecule has 1 unspecified atom stereocenters. The predicted octanol–water partition coefficient (Wildman–Crippen LogP) is 4.24. The number of benzene rings is 2. The molecule has 0 radical (unpaired) electrons. The van der Waals surface area contributed by atoms with Crippen molar-refractivity contribution in [2.24, 2.45) is 0 Å². The minimum Gasteiger partial charge on any atom is -0.497 e. The molecule has 4 atom stereocenters. The second-order valence-corrected chi connectivity index (χ2v) is 8.55. The highest BCUT2D eigenvalue weighted by Gasteiger charge is 2.42. The molecule has 128 valence electrons. The van der Waals surface area contributed by atoms with Gasteiger partial charge in [0.15, 0.2) is 0 Å². The SMILES string of the molecule is COc1ccc([C@H]2c3snnc3[C@H](C)[C@@H](c3ccccc3)S2=O)cc1.